The normalized spacial score (nSPS) is 19.2. The first kappa shape index (κ1) is 16.0. The summed E-state index contributed by atoms with van der Waals surface area (Å²) in [6.45, 7) is 6.98. The largest absolute Gasteiger partial charge is 0.444 e. The van der Waals surface area contributed by atoms with E-state index in [2.05, 4.69) is 31.2 Å². The number of carbonyl (C=O) groups excluding carboxylic acids is 1. The van der Waals surface area contributed by atoms with Crippen LogP contribution in [0.25, 0.3) is 0 Å². The minimum atomic E-state index is -0.465. The molecule has 0 radical (unpaired) electrons. The topological polar surface area (TPSA) is 67.3 Å². The van der Waals surface area contributed by atoms with Crippen LogP contribution in [0.4, 0.5) is 10.6 Å². The van der Waals surface area contributed by atoms with Crippen LogP contribution in [0.1, 0.15) is 33.6 Å². The Morgan fingerprint density at radius 3 is 2.90 bits per heavy atom. The van der Waals surface area contributed by atoms with E-state index in [1.165, 1.54) is 0 Å². The number of aromatic nitrogens is 2. The molecule has 1 saturated heterocycles. The Hall–Kier alpha value is -1.37. The second-order valence-electron chi connectivity index (χ2n) is 6.14. The van der Waals surface area contributed by atoms with Crippen molar-refractivity contribution in [2.75, 3.05) is 18.4 Å². The van der Waals surface area contributed by atoms with Crippen molar-refractivity contribution in [1.29, 1.82) is 0 Å². The minimum Gasteiger partial charge on any atom is -0.444 e. The molecule has 1 aliphatic rings. The highest BCUT2D eigenvalue weighted by Gasteiger charge is 2.27. The van der Waals surface area contributed by atoms with Crippen molar-refractivity contribution in [3.8, 4) is 0 Å². The van der Waals surface area contributed by atoms with E-state index in [4.69, 9.17) is 4.74 Å². The van der Waals surface area contributed by atoms with Gasteiger partial charge >= 0.3 is 6.09 Å². The Labute approximate surface area is 133 Å². The fraction of sp³-hybridized carbons (Fsp3) is 0.643. The van der Waals surface area contributed by atoms with Crippen LogP contribution in [0, 0.1) is 0 Å². The molecule has 21 heavy (non-hydrogen) atoms. The molecule has 2 heterocycles. The van der Waals surface area contributed by atoms with Gasteiger partial charge in [-0.15, -0.1) is 0 Å². The van der Waals surface area contributed by atoms with E-state index < -0.39 is 5.60 Å². The molecule has 7 heteroatoms. The molecule has 0 aliphatic carbocycles. The zero-order valence-electron chi connectivity index (χ0n) is 12.6. The second kappa shape index (κ2) is 6.60. The van der Waals surface area contributed by atoms with Crippen molar-refractivity contribution in [3.63, 3.8) is 0 Å². The number of hydrogen-bond donors (Lipinski definition) is 1. The first-order valence-electron chi connectivity index (χ1n) is 7.05. The van der Waals surface area contributed by atoms with Crippen molar-refractivity contribution in [2.24, 2.45) is 0 Å². The molecule has 0 bridgehead atoms. The van der Waals surface area contributed by atoms with Crippen LogP contribution in [0.5, 0.6) is 0 Å². The molecule has 0 unspecified atom stereocenters. The number of rotatable bonds is 2. The lowest BCUT2D eigenvalue weighted by Gasteiger charge is -2.34. The Kier molecular flexibility index (Phi) is 5.03. The van der Waals surface area contributed by atoms with Crippen LogP contribution in [0.3, 0.4) is 0 Å². The highest BCUT2D eigenvalue weighted by atomic mass is 79.9. The van der Waals surface area contributed by atoms with Gasteiger partial charge in [0.15, 0.2) is 0 Å². The van der Waals surface area contributed by atoms with Gasteiger partial charge in [-0.1, -0.05) is 0 Å². The molecular weight excluding hydrogens is 336 g/mol. The zero-order valence-corrected chi connectivity index (χ0v) is 14.2. The maximum absolute atomic E-state index is 12.1. The van der Waals surface area contributed by atoms with Gasteiger partial charge in [0.05, 0.1) is 12.4 Å². The molecule has 1 aromatic heterocycles. The molecule has 1 atom stereocenters. The van der Waals surface area contributed by atoms with E-state index in [1.807, 2.05) is 20.8 Å². The van der Waals surface area contributed by atoms with Crippen molar-refractivity contribution >= 4 is 27.8 Å². The van der Waals surface area contributed by atoms with Gasteiger partial charge in [0.25, 0.3) is 0 Å². The monoisotopic (exact) mass is 356 g/mol. The third-order valence-electron chi connectivity index (χ3n) is 3.03. The lowest BCUT2D eigenvalue weighted by Crippen LogP contribution is -2.47. The predicted octanol–water partition coefficient (Wildman–Crippen LogP) is 3.05. The van der Waals surface area contributed by atoms with E-state index in [9.17, 15) is 4.79 Å². The third-order valence-corrected chi connectivity index (χ3v) is 3.41. The van der Waals surface area contributed by atoms with Gasteiger partial charge in [0.2, 0.25) is 0 Å². The molecule has 2 rings (SSSR count). The summed E-state index contributed by atoms with van der Waals surface area (Å²) in [5.74, 6) is 0.709. The van der Waals surface area contributed by atoms with Crippen LogP contribution in [0.15, 0.2) is 17.0 Å². The number of likely N-dealkylation sites (tertiary alicyclic amines) is 1. The number of nitrogens with zero attached hydrogens (tertiary/aromatic N) is 3. The first-order valence-corrected chi connectivity index (χ1v) is 7.85. The summed E-state index contributed by atoms with van der Waals surface area (Å²) in [6.07, 6.45) is 5.00. The van der Waals surface area contributed by atoms with Crippen molar-refractivity contribution < 1.29 is 9.53 Å². The van der Waals surface area contributed by atoms with Crippen molar-refractivity contribution in [2.45, 2.75) is 45.3 Å². The summed E-state index contributed by atoms with van der Waals surface area (Å²) in [4.78, 5) is 22.2. The Balaban J connectivity index is 1.93. The van der Waals surface area contributed by atoms with E-state index in [0.717, 1.165) is 19.4 Å². The number of nitrogens with one attached hydrogen (secondary N) is 1. The SMILES string of the molecule is CC(C)(C)OC(=O)N1CCC[C@H](Nc2cncc(Br)n2)C1. The van der Waals surface area contributed by atoms with E-state index in [0.29, 0.717) is 17.0 Å². The number of amides is 1. The maximum Gasteiger partial charge on any atom is 0.410 e. The number of piperidine rings is 1. The average molecular weight is 357 g/mol. The van der Waals surface area contributed by atoms with E-state index >= 15 is 0 Å². The molecule has 6 nitrogen and oxygen atoms in total. The van der Waals surface area contributed by atoms with Gasteiger partial charge in [-0.25, -0.2) is 9.78 Å². The quantitative estimate of drug-likeness (QED) is 0.881. The average Bonchev–Trinajstić information content (AvgIpc) is 2.37. The lowest BCUT2D eigenvalue weighted by atomic mass is 10.1. The van der Waals surface area contributed by atoms with E-state index in [-0.39, 0.29) is 12.1 Å². The predicted molar refractivity (Wildman–Crippen MR) is 84.2 cm³/mol. The standard InChI is InChI=1S/C14H21BrN4O2/c1-14(2,3)21-13(20)19-6-4-5-10(9-19)17-12-8-16-7-11(15)18-12/h7-8,10H,4-6,9H2,1-3H3,(H,17,18)/t10-/m0/s1. The summed E-state index contributed by atoms with van der Waals surface area (Å²) in [5, 5.41) is 3.32. The van der Waals surface area contributed by atoms with Gasteiger partial charge in [0, 0.05) is 19.1 Å². The van der Waals surface area contributed by atoms with Crippen LogP contribution in [-0.2, 0) is 4.74 Å². The van der Waals surface area contributed by atoms with Crippen LogP contribution in [-0.4, -0.2) is 45.7 Å². The highest BCUT2D eigenvalue weighted by molar-refractivity contribution is 9.10. The molecule has 1 fully saturated rings. The fourth-order valence-electron chi connectivity index (χ4n) is 2.21. The molecule has 0 aromatic carbocycles. The van der Waals surface area contributed by atoms with Crippen LogP contribution < -0.4 is 5.32 Å². The number of anilines is 1. The molecule has 1 aliphatic heterocycles. The smallest absolute Gasteiger partial charge is 0.410 e. The maximum atomic E-state index is 12.1. The summed E-state index contributed by atoms with van der Waals surface area (Å²) < 4.78 is 6.11. The molecule has 1 aromatic rings. The van der Waals surface area contributed by atoms with Gasteiger partial charge in [-0.05, 0) is 49.5 Å². The molecule has 0 spiro atoms. The lowest BCUT2D eigenvalue weighted by molar-refractivity contribution is 0.0206. The van der Waals surface area contributed by atoms with Crippen LogP contribution in [0.2, 0.25) is 0 Å². The van der Waals surface area contributed by atoms with Gasteiger partial charge in [-0.3, -0.25) is 4.98 Å². The van der Waals surface area contributed by atoms with Gasteiger partial charge in [-0.2, -0.15) is 0 Å². The first-order chi connectivity index (χ1) is 9.83. The molecule has 1 amide bonds. The molecule has 116 valence electrons. The van der Waals surface area contributed by atoms with Gasteiger partial charge < -0.3 is 15.0 Å². The summed E-state index contributed by atoms with van der Waals surface area (Å²) in [7, 11) is 0. The number of halogens is 1. The third kappa shape index (κ3) is 5.15. The Bertz CT molecular complexity index is 504. The highest BCUT2D eigenvalue weighted by Crippen LogP contribution is 2.18. The molecule has 0 saturated carbocycles. The van der Waals surface area contributed by atoms with Crippen LogP contribution >= 0.6 is 15.9 Å². The Morgan fingerprint density at radius 1 is 1.48 bits per heavy atom. The molecular formula is C14H21BrN4O2. The fourth-order valence-corrected chi connectivity index (χ4v) is 2.52. The van der Waals surface area contributed by atoms with Gasteiger partial charge in [0.1, 0.15) is 16.0 Å². The summed E-state index contributed by atoms with van der Waals surface area (Å²) in [6, 6.07) is 0.162. The second-order valence-corrected chi connectivity index (χ2v) is 6.95. The molecule has 1 N–H and O–H groups in total. The minimum absolute atomic E-state index is 0.162. The number of hydrogen-bond acceptors (Lipinski definition) is 5. The number of carbonyl (C=O) groups is 1. The number of ether oxygens (including phenoxy) is 1. The van der Waals surface area contributed by atoms with Crippen molar-refractivity contribution in [1.82, 2.24) is 14.9 Å². The van der Waals surface area contributed by atoms with E-state index in [1.54, 1.807) is 17.3 Å². The summed E-state index contributed by atoms with van der Waals surface area (Å²) in [5.41, 5.74) is -0.465. The Morgan fingerprint density at radius 2 is 2.24 bits per heavy atom. The zero-order chi connectivity index (χ0) is 15.5. The van der Waals surface area contributed by atoms with Crippen molar-refractivity contribution in [3.05, 3.63) is 17.0 Å². The summed E-state index contributed by atoms with van der Waals surface area (Å²) >= 11 is 3.30.